The number of carboxylic acid groups (broad SMARTS) is 1. The average molecular weight is 638 g/mol. The predicted molar refractivity (Wildman–Crippen MR) is 162 cm³/mol. The highest BCUT2D eigenvalue weighted by molar-refractivity contribution is 9.10. The number of benzene rings is 1. The fraction of sp³-hybridized carbons (Fsp3) is 0.516. The van der Waals surface area contributed by atoms with Crippen LogP contribution in [0.25, 0.3) is 0 Å². The first kappa shape index (κ1) is 30.0. The number of Topliss-reactive ketones (excluding diaryl/α,β-unsaturated/α-hetero) is 1. The fourth-order valence-electron chi connectivity index (χ4n) is 6.58. The summed E-state index contributed by atoms with van der Waals surface area (Å²) in [7, 11) is 2.08. The lowest BCUT2D eigenvalue weighted by Gasteiger charge is -2.42. The molecule has 0 spiro atoms. The summed E-state index contributed by atoms with van der Waals surface area (Å²) in [6, 6.07) is 9.98. The van der Waals surface area contributed by atoms with Crippen molar-refractivity contribution in [2.45, 2.75) is 57.0 Å². The van der Waals surface area contributed by atoms with Gasteiger partial charge in [0.05, 0.1) is 18.5 Å². The van der Waals surface area contributed by atoms with Crippen molar-refractivity contribution in [2.24, 2.45) is 5.41 Å². The van der Waals surface area contributed by atoms with E-state index in [0.717, 1.165) is 35.0 Å². The lowest BCUT2D eigenvalue weighted by molar-refractivity contribution is 0.0748. The molecule has 222 valence electrons. The quantitative estimate of drug-likeness (QED) is 0.389. The van der Waals surface area contributed by atoms with Crippen LogP contribution < -0.4 is 9.64 Å². The zero-order chi connectivity index (χ0) is 29.9. The summed E-state index contributed by atoms with van der Waals surface area (Å²) in [6.07, 6.45) is 5.21. The largest absolute Gasteiger partial charge is 0.465 e. The number of allylic oxidation sites excluding steroid dienone is 1. The molecule has 2 aromatic rings. The van der Waals surface area contributed by atoms with Crippen LogP contribution >= 0.6 is 15.9 Å². The number of ether oxygens (including phenoxy) is 1. The molecule has 3 heterocycles. The van der Waals surface area contributed by atoms with Gasteiger partial charge in [-0.05, 0) is 63.7 Å². The van der Waals surface area contributed by atoms with E-state index >= 15 is 0 Å². The Morgan fingerprint density at radius 1 is 1.29 bits per heavy atom. The number of anilines is 1. The van der Waals surface area contributed by atoms with Gasteiger partial charge in [0.25, 0.3) is 0 Å². The minimum absolute atomic E-state index is 0.0522. The minimum atomic E-state index is -1.04. The highest BCUT2D eigenvalue weighted by Gasteiger charge is 2.45. The number of likely N-dealkylation sites (tertiary alicyclic amines) is 1. The standard InChI is InChI=1S/C31H37BrN6O4/c1-3-12-31(18-21-7-4-5-9-25(21)32)13-10-24-26(27(31)39)34-29(42-20-23-8-6-15-36(23)2)35-28(24)37-16-17-38(30(40)41)22(19-37)11-14-33/h3-5,7,9,22-23H,1,6,8,10-13,15-20H2,2H3,(H,40,41). The molecule has 5 rings (SSSR count). The molecule has 1 aromatic carbocycles. The van der Waals surface area contributed by atoms with Crippen molar-refractivity contribution in [1.29, 1.82) is 5.26 Å². The summed E-state index contributed by atoms with van der Waals surface area (Å²) in [5.74, 6) is 0.549. The smallest absolute Gasteiger partial charge is 0.407 e. The van der Waals surface area contributed by atoms with Crippen LogP contribution in [0, 0.1) is 16.7 Å². The number of fused-ring (bicyclic) bond motifs is 1. The van der Waals surface area contributed by atoms with Crippen molar-refractivity contribution < 1.29 is 19.4 Å². The first-order valence-electron chi connectivity index (χ1n) is 14.5. The van der Waals surface area contributed by atoms with E-state index in [1.165, 1.54) is 4.90 Å². The molecule has 0 bridgehead atoms. The normalized spacial score (nSPS) is 24.3. The molecule has 2 saturated heterocycles. The van der Waals surface area contributed by atoms with Gasteiger partial charge in [-0.1, -0.05) is 40.2 Å². The van der Waals surface area contributed by atoms with Crippen LogP contribution in [-0.2, 0) is 12.8 Å². The van der Waals surface area contributed by atoms with Gasteiger partial charge in [0.15, 0.2) is 5.78 Å². The summed E-state index contributed by atoms with van der Waals surface area (Å²) in [6.45, 7) is 6.34. The summed E-state index contributed by atoms with van der Waals surface area (Å²) < 4.78 is 7.14. The van der Waals surface area contributed by atoms with Gasteiger partial charge in [-0.25, -0.2) is 4.79 Å². The molecule has 42 heavy (non-hydrogen) atoms. The number of likely N-dealkylation sites (N-methyl/N-ethyl adjacent to an activating group) is 1. The van der Waals surface area contributed by atoms with Crippen LogP contribution in [0.3, 0.4) is 0 Å². The fourth-order valence-corrected chi connectivity index (χ4v) is 7.01. The molecule has 2 aliphatic heterocycles. The number of halogens is 1. The van der Waals surface area contributed by atoms with E-state index in [1.54, 1.807) is 0 Å². The Balaban J connectivity index is 1.53. The monoisotopic (exact) mass is 636 g/mol. The number of amides is 1. The Kier molecular flexibility index (Phi) is 9.13. The van der Waals surface area contributed by atoms with Crippen LogP contribution in [0.15, 0.2) is 41.4 Å². The van der Waals surface area contributed by atoms with E-state index in [0.29, 0.717) is 56.9 Å². The Hall–Kier alpha value is -3.49. The lowest BCUT2D eigenvalue weighted by atomic mass is 9.66. The number of nitriles is 1. The maximum absolute atomic E-state index is 14.5. The number of carbonyl (C=O) groups is 2. The third-order valence-corrected chi connectivity index (χ3v) is 9.74. The second kappa shape index (κ2) is 12.8. The van der Waals surface area contributed by atoms with Crippen molar-refractivity contribution in [3.8, 4) is 12.1 Å². The number of nitrogens with zero attached hydrogens (tertiary/aromatic N) is 6. The van der Waals surface area contributed by atoms with Gasteiger partial charge in [0.1, 0.15) is 18.1 Å². The van der Waals surface area contributed by atoms with Gasteiger partial charge in [-0.3, -0.25) is 4.79 Å². The first-order valence-corrected chi connectivity index (χ1v) is 15.3. The molecular weight excluding hydrogens is 600 g/mol. The summed E-state index contributed by atoms with van der Waals surface area (Å²) >= 11 is 3.65. The Labute approximate surface area is 255 Å². The molecule has 2 fully saturated rings. The number of aromatic nitrogens is 2. The van der Waals surface area contributed by atoms with E-state index < -0.39 is 17.6 Å². The number of piperazine rings is 1. The van der Waals surface area contributed by atoms with Crippen molar-refractivity contribution >= 4 is 33.6 Å². The van der Waals surface area contributed by atoms with Crippen molar-refractivity contribution in [3.63, 3.8) is 0 Å². The molecular formula is C31H37BrN6O4. The molecule has 0 radical (unpaired) electrons. The SMILES string of the molecule is C=CCC1(Cc2ccccc2Br)CCc2c(nc(OCC3CCCN3C)nc2N2CCN(C(=O)O)C(CC#N)C2)C1=O. The van der Waals surface area contributed by atoms with Gasteiger partial charge in [0.2, 0.25) is 0 Å². The number of hydrogen-bond acceptors (Lipinski definition) is 8. The Morgan fingerprint density at radius 3 is 2.79 bits per heavy atom. The molecule has 3 aliphatic rings. The van der Waals surface area contributed by atoms with Gasteiger partial charge < -0.3 is 24.5 Å². The van der Waals surface area contributed by atoms with Crippen molar-refractivity contribution in [3.05, 3.63) is 58.2 Å². The maximum atomic E-state index is 14.5. The zero-order valence-corrected chi connectivity index (χ0v) is 25.6. The van der Waals surface area contributed by atoms with E-state index in [2.05, 4.69) is 40.5 Å². The van der Waals surface area contributed by atoms with Crippen LogP contribution in [0.1, 0.15) is 53.7 Å². The summed E-state index contributed by atoms with van der Waals surface area (Å²) in [4.78, 5) is 41.5. The summed E-state index contributed by atoms with van der Waals surface area (Å²) in [5, 5.41) is 19.1. The number of hydrogen-bond donors (Lipinski definition) is 1. The molecule has 3 atom stereocenters. The van der Waals surface area contributed by atoms with Gasteiger partial charge >= 0.3 is 12.1 Å². The van der Waals surface area contributed by atoms with E-state index in [4.69, 9.17) is 14.7 Å². The molecule has 11 heteroatoms. The molecule has 3 unspecified atom stereocenters. The second-order valence-electron chi connectivity index (χ2n) is 11.6. The molecule has 1 aliphatic carbocycles. The lowest BCUT2D eigenvalue weighted by Crippen LogP contribution is -2.55. The van der Waals surface area contributed by atoms with Crippen molar-refractivity contribution in [1.82, 2.24) is 19.8 Å². The molecule has 1 N–H and O–H groups in total. The maximum Gasteiger partial charge on any atom is 0.407 e. The zero-order valence-electron chi connectivity index (χ0n) is 24.0. The first-order chi connectivity index (χ1) is 20.3. The van der Waals surface area contributed by atoms with Crippen LogP contribution in [-0.4, -0.2) is 88.7 Å². The van der Waals surface area contributed by atoms with Crippen LogP contribution in [0.2, 0.25) is 0 Å². The highest BCUT2D eigenvalue weighted by Crippen LogP contribution is 2.44. The van der Waals surface area contributed by atoms with Gasteiger partial charge in [-0.2, -0.15) is 15.2 Å². The van der Waals surface area contributed by atoms with Crippen LogP contribution in [0.5, 0.6) is 6.01 Å². The molecule has 1 aromatic heterocycles. The Morgan fingerprint density at radius 2 is 2.10 bits per heavy atom. The molecule has 0 saturated carbocycles. The predicted octanol–water partition coefficient (Wildman–Crippen LogP) is 4.73. The number of rotatable bonds is 9. The van der Waals surface area contributed by atoms with Crippen LogP contribution in [0.4, 0.5) is 10.6 Å². The highest BCUT2D eigenvalue weighted by atomic mass is 79.9. The molecule has 10 nitrogen and oxygen atoms in total. The topological polar surface area (TPSA) is 123 Å². The molecule has 1 amide bonds. The summed E-state index contributed by atoms with van der Waals surface area (Å²) in [5.41, 5.74) is 1.47. The second-order valence-corrected chi connectivity index (χ2v) is 12.4. The third kappa shape index (κ3) is 6.01. The van der Waals surface area contributed by atoms with Gasteiger partial charge in [-0.15, -0.1) is 6.58 Å². The van der Waals surface area contributed by atoms with E-state index in [-0.39, 0.29) is 30.8 Å². The average Bonchev–Trinajstić information content (AvgIpc) is 3.39. The van der Waals surface area contributed by atoms with Crippen molar-refractivity contribution in [2.75, 3.05) is 44.7 Å². The minimum Gasteiger partial charge on any atom is -0.465 e. The van der Waals surface area contributed by atoms with E-state index in [9.17, 15) is 20.0 Å². The van der Waals surface area contributed by atoms with Gasteiger partial charge in [0, 0.05) is 41.1 Å². The number of ketones is 1. The Bertz CT molecular complexity index is 1400. The number of carbonyl (C=O) groups excluding carboxylic acids is 1. The van der Waals surface area contributed by atoms with E-state index in [1.807, 2.05) is 35.2 Å². The third-order valence-electron chi connectivity index (χ3n) is 8.97.